The van der Waals surface area contributed by atoms with Crippen molar-refractivity contribution in [2.24, 2.45) is 0 Å². The Hall–Kier alpha value is -3.21. The fraction of sp³-hybridized carbons (Fsp3) is 0.100. The minimum Gasteiger partial charge on any atom is -0.293 e. The third kappa shape index (κ3) is 2.54. The Bertz CT molecular complexity index is 1110. The molecule has 1 N–H and O–H groups in total. The molecule has 2 heterocycles. The van der Waals surface area contributed by atoms with E-state index in [0.717, 1.165) is 23.2 Å². The van der Waals surface area contributed by atoms with E-state index in [1.165, 1.54) is 16.6 Å². The molecule has 4 nitrogen and oxygen atoms in total. The van der Waals surface area contributed by atoms with Crippen molar-refractivity contribution >= 4 is 5.65 Å². The van der Waals surface area contributed by atoms with Crippen molar-refractivity contribution in [3.63, 3.8) is 0 Å². The number of aromatic nitrogens is 3. The van der Waals surface area contributed by atoms with Crippen molar-refractivity contribution in [3.8, 4) is 22.4 Å². The zero-order valence-electron chi connectivity index (χ0n) is 13.7. The number of hydrogen-bond donors (Lipinski definition) is 1. The molecule has 0 fully saturated rings. The van der Waals surface area contributed by atoms with Gasteiger partial charge in [-0.15, -0.1) is 0 Å². The Kier molecular flexibility index (Phi) is 3.69. The average Bonchev–Trinajstić information content (AvgIpc) is 3.02. The number of hydrogen-bond acceptors (Lipinski definition) is 2. The summed E-state index contributed by atoms with van der Waals surface area (Å²) >= 11 is 0. The van der Waals surface area contributed by atoms with Gasteiger partial charge in [-0.2, -0.15) is 0 Å². The largest absolute Gasteiger partial charge is 0.293 e. The van der Waals surface area contributed by atoms with E-state index in [1.54, 1.807) is 18.2 Å². The summed E-state index contributed by atoms with van der Waals surface area (Å²) in [5.41, 5.74) is 3.66. The zero-order chi connectivity index (χ0) is 17.4. The molecule has 2 aromatic carbocycles. The van der Waals surface area contributed by atoms with Crippen molar-refractivity contribution in [1.29, 1.82) is 0 Å². The van der Waals surface area contributed by atoms with Crippen LogP contribution in [0.5, 0.6) is 0 Å². The van der Waals surface area contributed by atoms with Crippen molar-refractivity contribution in [2.45, 2.75) is 13.3 Å². The van der Waals surface area contributed by atoms with Gasteiger partial charge < -0.3 is 0 Å². The number of halogens is 1. The molecule has 0 spiro atoms. The Labute approximate surface area is 143 Å². The Balaban J connectivity index is 2.06. The van der Waals surface area contributed by atoms with Gasteiger partial charge in [0.25, 0.3) is 5.56 Å². The molecule has 0 aliphatic heterocycles. The zero-order valence-corrected chi connectivity index (χ0v) is 13.7. The lowest BCUT2D eigenvalue weighted by Crippen LogP contribution is -2.14. The smallest absolute Gasteiger partial charge is 0.273 e. The number of nitrogens with one attached hydrogen (secondary N) is 1. The van der Waals surface area contributed by atoms with Gasteiger partial charge in [0.1, 0.15) is 5.82 Å². The first kappa shape index (κ1) is 15.3. The molecule has 2 aromatic heterocycles. The van der Waals surface area contributed by atoms with Crippen molar-refractivity contribution in [3.05, 3.63) is 82.5 Å². The molecule has 0 atom stereocenters. The van der Waals surface area contributed by atoms with Crippen molar-refractivity contribution < 1.29 is 4.39 Å². The summed E-state index contributed by atoms with van der Waals surface area (Å²) in [5, 5.41) is 3.12. The maximum absolute atomic E-state index is 14.1. The number of aromatic amines is 1. The quantitative estimate of drug-likeness (QED) is 0.615. The normalized spacial score (nSPS) is 11.1. The summed E-state index contributed by atoms with van der Waals surface area (Å²) in [6.45, 7) is 2.01. The first-order valence-electron chi connectivity index (χ1n) is 8.14. The molecule has 0 aliphatic rings. The molecule has 0 radical (unpaired) electrons. The van der Waals surface area contributed by atoms with Crippen molar-refractivity contribution in [2.75, 3.05) is 0 Å². The fourth-order valence-corrected chi connectivity index (χ4v) is 3.05. The second-order valence-corrected chi connectivity index (χ2v) is 5.80. The molecule has 0 saturated carbocycles. The van der Waals surface area contributed by atoms with E-state index in [1.807, 2.05) is 37.3 Å². The third-order valence-electron chi connectivity index (χ3n) is 4.26. The molecule has 4 aromatic rings. The number of rotatable bonds is 3. The summed E-state index contributed by atoms with van der Waals surface area (Å²) in [4.78, 5) is 17.2. The number of H-pyrrole nitrogens is 1. The van der Waals surface area contributed by atoms with Gasteiger partial charge in [-0.1, -0.05) is 49.4 Å². The molecule has 0 saturated heterocycles. The SMILES string of the molecule is CCc1[nH]n2c(=O)cc(-c3ccccc3F)nc2c1-c1ccccc1. The second kappa shape index (κ2) is 6.02. The van der Waals surface area contributed by atoms with Gasteiger partial charge in [-0.05, 0) is 24.1 Å². The van der Waals surface area contributed by atoms with Crippen LogP contribution in [-0.2, 0) is 6.42 Å². The molecular formula is C20H16FN3O. The second-order valence-electron chi connectivity index (χ2n) is 5.80. The standard InChI is InChI=1S/C20H16FN3O/c1-2-16-19(13-8-4-3-5-9-13)20-22-17(12-18(25)24(20)23-16)14-10-6-7-11-15(14)21/h3-12,23H,2H2,1H3. The van der Waals surface area contributed by atoms with E-state index in [2.05, 4.69) is 10.1 Å². The van der Waals surface area contributed by atoms with Crippen molar-refractivity contribution in [1.82, 2.24) is 14.6 Å². The van der Waals surface area contributed by atoms with Gasteiger partial charge in [0.2, 0.25) is 0 Å². The van der Waals surface area contributed by atoms with E-state index in [4.69, 9.17) is 0 Å². The van der Waals surface area contributed by atoms with E-state index in [9.17, 15) is 9.18 Å². The summed E-state index contributed by atoms with van der Waals surface area (Å²) in [7, 11) is 0. The number of fused-ring (bicyclic) bond motifs is 1. The molecule has 0 unspecified atom stereocenters. The van der Waals surface area contributed by atoms with E-state index in [-0.39, 0.29) is 5.56 Å². The number of aryl methyl sites for hydroxylation is 1. The van der Waals surface area contributed by atoms with Crippen LogP contribution in [0.25, 0.3) is 28.0 Å². The lowest BCUT2D eigenvalue weighted by Gasteiger charge is -2.04. The van der Waals surface area contributed by atoms with Crippen LogP contribution in [0.3, 0.4) is 0 Å². The average molecular weight is 333 g/mol. The predicted molar refractivity (Wildman–Crippen MR) is 96.0 cm³/mol. The minimum atomic E-state index is -0.397. The molecule has 0 amide bonds. The highest BCUT2D eigenvalue weighted by molar-refractivity contribution is 5.81. The van der Waals surface area contributed by atoms with Crippen LogP contribution >= 0.6 is 0 Å². The number of benzene rings is 2. The van der Waals surface area contributed by atoms with Crippen LogP contribution in [0.1, 0.15) is 12.6 Å². The molecule has 0 aliphatic carbocycles. The van der Waals surface area contributed by atoms with Crippen LogP contribution in [-0.4, -0.2) is 14.6 Å². The summed E-state index contributed by atoms with van der Waals surface area (Å²) < 4.78 is 15.6. The third-order valence-corrected chi connectivity index (χ3v) is 4.26. The summed E-state index contributed by atoms with van der Waals surface area (Å²) in [5.74, 6) is -0.397. The van der Waals surface area contributed by atoms with E-state index >= 15 is 0 Å². The van der Waals surface area contributed by atoms with E-state index < -0.39 is 5.82 Å². The lowest BCUT2D eigenvalue weighted by atomic mass is 10.0. The molecule has 25 heavy (non-hydrogen) atoms. The molecule has 124 valence electrons. The molecular weight excluding hydrogens is 317 g/mol. The van der Waals surface area contributed by atoms with Gasteiger partial charge in [-0.25, -0.2) is 13.9 Å². The highest BCUT2D eigenvalue weighted by Gasteiger charge is 2.17. The number of nitrogens with zero attached hydrogens (tertiary/aromatic N) is 2. The monoisotopic (exact) mass is 333 g/mol. The highest BCUT2D eigenvalue weighted by Crippen LogP contribution is 2.29. The summed E-state index contributed by atoms with van der Waals surface area (Å²) in [6, 6.07) is 17.5. The first-order valence-corrected chi connectivity index (χ1v) is 8.14. The Morgan fingerprint density at radius 3 is 2.52 bits per heavy atom. The van der Waals surface area contributed by atoms with Gasteiger partial charge in [0.15, 0.2) is 5.65 Å². The van der Waals surface area contributed by atoms with Gasteiger partial charge in [-0.3, -0.25) is 9.89 Å². The van der Waals surface area contributed by atoms with Crippen LogP contribution in [0.15, 0.2) is 65.5 Å². The van der Waals surface area contributed by atoms with Gasteiger partial charge >= 0.3 is 0 Å². The molecule has 0 bridgehead atoms. The molecule has 5 heteroatoms. The molecule has 4 rings (SSSR count). The van der Waals surface area contributed by atoms with E-state index in [0.29, 0.717) is 16.9 Å². The minimum absolute atomic E-state index is 0.264. The van der Waals surface area contributed by atoms with Crippen LogP contribution < -0.4 is 5.56 Å². The maximum Gasteiger partial charge on any atom is 0.273 e. The topological polar surface area (TPSA) is 50.2 Å². The highest BCUT2D eigenvalue weighted by atomic mass is 19.1. The predicted octanol–water partition coefficient (Wildman–Crippen LogP) is 4.06. The van der Waals surface area contributed by atoms with Crippen LogP contribution in [0.4, 0.5) is 4.39 Å². The first-order chi connectivity index (χ1) is 12.2. The lowest BCUT2D eigenvalue weighted by molar-refractivity contribution is 0.630. The summed E-state index contributed by atoms with van der Waals surface area (Å²) in [6.07, 6.45) is 0.724. The van der Waals surface area contributed by atoms with Crippen LogP contribution in [0, 0.1) is 5.82 Å². The maximum atomic E-state index is 14.1. The fourth-order valence-electron chi connectivity index (χ4n) is 3.05. The van der Waals surface area contributed by atoms with Gasteiger partial charge in [0.05, 0.1) is 5.69 Å². The Morgan fingerprint density at radius 1 is 1.08 bits per heavy atom. The van der Waals surface area contributed by atoms with Gasteiger partial charge in [0, 0.05) is 22.9 Å². The van der Waals surface area contributed by atoms with Crippen LogP contribution in [0.2, 0.25) is 0 Å². The Morgan fingerprint density at radius 2 is 1.80 bits per heavy atom.